The van der Waals surface area contributed by atoms with E-state index in [0.717, 1.165) is 28.4 Å². The van der Waals surface area contributed by atoms with Crippen molar-refractivity contribution in [3.8, 4) is 0 Å². The number of nitrogens with one attached hydrogen (secondary N) is 1. The van der Waals surface area contributed by atoms with Crippen LogP contribution in [-0.4, -0.2) is 28.5 Å². The fourth-order valence-electron chi connectivity index (χ4n) is 2.22. The topological polar surface area (TPSA) is 45.2 Å². The van der Waals surface area contributed by atoms with E-state index in [2.05, 4.69) is 36.3 Å². The quantitative estimate of drug-likeness (QED) is 0.861. The van der Waals surface area contributed by atoms with Gasteiger partial charge in [-0.05, 0) is 19.8 Å². The van der Waals surface area contributed by atoms with Gasteiger partial charge in [0.05, 0.1) is 23.3 Å². The number of urea groups is 1. The molecule has 5 heteroatoms. The molecule has 0 spiro atoms. The molecule has 1 N–H and O–H groups in total. The average Bonchev–Trinajstić information content (AvgIpc) is 3.02. The molecule has 1 atom stereocenters. The summed E-state index contributed by atoms with van der Waals surface area (Å²) in [5, 5.41) is 4.14. The predicted octanol–water partition coefficient (Wildman–Crippen LogP) is 2.87. The van der Waals surface area contributed by atoms with E-state index in [1.807, 2.05) is 11.8 Å². The zero-order chi connectivity index (χ0) is 13.8. The summed E-state index contributed by atoms with van der Waals surface area (Å²) in [5.41, 5.74) is 1.04. The van der Waals surface area contributed by atoms with Crippen molar-refractivity contribution >= 4 is 17.4 Å². The number of carbonyl (C=O) groups excluding carboxylic acids is 1. The Balaban J connectivity index is 1.91. The third-order valence-corrected chi connectivity index (χ3v) is 4.68. The van der Waals surface area contributed by atoms with E-state index < -0.39 is 0 Å². The third kappa shape index (κ3) is 3.15. The molecule has 1 unspecified atom stereocenters. The number of carbonyl (C=O) groups is 1. The first kappa shape index (κ1) is 14.1. The van der Waals surface area contributed by atoms with Crippen LogP contribution < -0.4 is 5.32 Å². The summed E-state index contributed by atoms with van der Waals surface area (Å²) in [5.74, 6) is 0. The molecule has 0 aliphatic carbocycles. The van der Waals surface area contributed by atoms with E-state index in [1.165, 1.54) is 0 Å². The highest BCUT2D eigenvalue weighted by Gasteiger charge is 2.23. The van der Waals surface area contributed by atoms with Crippen LogP contribution in [0.1, 0.15) is 35.8 Å². The second-order valence-electron chi connectivity index (χ2n) is 4.68. The SMILES string of the molecule is CCc1nc(C)c(CNC(=O)N2CC=CC2CC)s1. The van der Waals surface area contributed by atoms with Crippen LogP contribution in [0.2, 0.25) is 0 Å². The highest BCUT2D eigenvalue weighted by molar-refractivity contribution is 7.11. The minimum Gasteiger partial charge on any atom is -0.333 e. The van der Waals surface area contributed by atoms with Gasteiger partial charge in [0, 0.05) is 11.4 Å². The number of hydrogen-bond acceptors (Lipinski definition) is 3. The van der Waals surface area contributed by atoms with Crippen LogP contribution in [0, 0.1) is 6.92 Å². The number of amides is 2. The molecule has 0 aromatic carbocycles. The molecule has 4 nitrogen and oxygen atoms in total. The summed E-state index contributed by atoms with van der Waals surface area (Å²) in [6.45, 7) is 7.49. The van der Waals surface area contributed by atoms with Crippen molar-refractivity contribution in [2.24, 2.45) is 0 Å². The molecule has 0 radical (unpaired) electrons. The molecule has 1 aromatic heterocycles. The van der Waals surface area contributed by atoms with Crippen molar-refractivity contribution in [2.75, 3.05) is 6.54 Å². The summed E-state index contributed by atoms with van der Waals surface area (Å²) in [6.07, 6.45) is 6.07. The van der Waals surface area contributed by atoms with Crippen molar-refractivity contribution in [1.82, 2.24) is 15.2 Å². The Bertz CT molecular complexity index is 481. The Labute approximate surface area is 118 Å². The van der Waals surface area contributed by atoms with Crippen LogP contribution in [-0.2, 0) is 13.0 Å². The second-order valence-corrected chi connectivity index (χ2v) is 5.85. The zero-order valence-corrected chi connectivity index (χ0v) is 12.6. The normalized spacial score (nSPS) is 18.1. The largest absolute Gasteiger partial charge is 0.333 e. The Morgan fingerprint density at radius 2 is 2.37 bits per heavy atom. The molecule has 0 saturated carbocycles. The number of rotatable bonds is 4. The number of hydrogen-bond donors (Lipinski definition) is 1. The molecule has 1 aliphatic rings. The number of aromatic nitrogens is 1. The van der Waals surface area contributed by atoms with E-state index in [-0.39, 0.29) is 12.1 Å². The lowest BCUT2D eigenvalue weighted by Gasteiger charge is -2.23. The second kappa shape index (κ2) is 6.19. The van der Waals surface area contributed by atoms with Gasteiger partial charge in [0.2, 0.25) is 0 Å². The van der Waals surface area contributed by atoms with Crippen molar-refractivity contribution < 1.29 is 4.79 Å². The van der Waals surface area contributed by atoms with E-state index >= 15 is 0 Å². The van der Waals surface area contributed by atoms with Crippen LogP contribution in [0.3, 0.4) is 0 Å². The smallest absolute Gasteiger partial charge is 0.318 e. The van der Waals surface area contributed by atoms with E-state index in [9.17, 15) is 4.79 Å². The van der Waals surface area contributed by atoms with Gasteiger partial charge in [-0.25, -0.2) is 9.78 Å². The van der Waals surface area contributed by atoms with Crippen molar-refractivity contribution in [2.45, 2.75) is 46.2 Å². The Morgan fingerprint density at radius 1 is 1.58 bits per heavy atom. The Hall–Kier alpha value is -1.36. The summed E-state index contributed by atoms with van der Waals surface area (Å²) in [7, 11) is 0. The van der Waals surface area contributed by atoms with Gasteiger partial charge in [-0.3, -0.25) is 0 Å². The monoisotopic (exact) mass is 279 g/mol. The van der Waals surface area contributed by atoms with Gasteiger partial charge >= 0.3 is 6.03 Å². The van der Waals surface area contributed by atoms with Gasteiger partial charge in [-0.2, -0.15) is 0 Å². The van der Waals surface area contributed by atoms with Crippen LogP contribution in [0.15, 0.2) is 12.2 Å². The molecule has 2 amide bonds. The maximum atomic E-state index is 12.1. The summed E-state index contributed by atoms with van der Waals surface area (Å²) >= 11 is 1.69. The minimum atomic E-state index is 0.0164. The molecule has 0 saturated heterocycles. The zero-order valence-electron chi connectivity index (χ0n) is 11.8. The average molecular weight is 279 g/mol. The lowest BCUT2D eigenvalue weighted by Crippen LogP contribution is -2.42. The van der Waals surface area contributed by atoms with Gasteiger partial charge in [-0.1, -0.05) is 26.0 Å². The van der Waals surface area contributed by atoms with Crippen LogP contribution >= 0.6 is 11.3 Å². The number of aryl methyl sites for hydroxylation is 2. The molecule has 19 heavy (non-hydrogen) atoms. The maximum absolute atomic E-state index is 12.1. The van der Waals surface area contributed by atoms with Gasteiger partial charge < -0.3 is 10.2 Å². The van der Waals surface area contributed by atoms with Crippen LogP contribution in [0.25, 0.3) is 0 Å². The lowest BCUT2D eigenvalue weighted by atomic mass is 10.2. The molecule has 2 heterocycles. The minimum absolute atomic E-state index is 0.0164. The van der Waals surface area contributed by atoms with Crippen molar-refractivity contribution in [1.29, 1.82) is 0 Å². The fourth-order valence-corrected chi connectivity index (χ4v) is 3.17. The predicted molar refractivity (Wildman–Crippen MR) is 78.4 cm³/mol. The van der Waals surface area contributed by atoms with Crippen LogP contribution in [0.4, 0.5) is 4.79 Å². The van der Waals surface area contributed by atoms with Crippen LogP contribution in [0.5, 0.6) is 0 Å². The summed E-state index contributed by atoms with van der Waals surface area (Å²) < 4.78 is 0. The molecule has 1 aliphatic heterocycles. The van der Waals surface area contributed by atoms with Gasteiger partial charge in [0.15, 0.2) is 0 Å². The van der Waals surface area contributed by atoms with E-state index in [4.69, 9.17) is 0 Å². The lowest BCUT2D eigenvalue weighted by molar-refractivity contribution is 0.195. The first-order valence-corrected chi connectivity index (χ1v) is 7.63. The molecule has 1 aromatic rings. The van der Waals surface area contributed by atoms with Gasteiger partial charge in [0.25, 0.3) is 0 Å². The van der Waals surface area contributed by atoms with Crippen molar-refractivity contribution in [3.05, 3.63) is 27.7 Å². The van der Waals surface area contributed by atoms with E-state index in [1.54, 1.807) is 11.3 Å². The highest BCUT2D eigenvalue weighted by atomic mass is 32.1. The van der Waals surface area contributed by atoms with Crippen molar-refractivity contribution in [3.63, 3.8) is 0 Å². The number of nitrogens with zero attached hydrogens (tertiary/aromatic N) is 2. The molecule has 0 bridgehead atoms. The summed E-state index contributed by atoms with van der Waals surface area (Å²) in [4.78, 5) is 19.6. The molecular formula is C14H21N3OS. The standard InChI is InChI=1S/C14H21N3OS/c1-4-11-7-6-8-17(11)14(18)15-9-12-10(3)16-13(5-2)19-12/h6-7,11H,4-5,8-9H2,1-3H3,(H,15,18). The number of thiazole rings is 1. The molecule has 2 rings (SSSR count). The molecule has 104 valence electrons. The summed E-state index contributed by atoms with van der Waals surface area (Å²) in [6, 6.07) is 0.261. The maximum Gasteiger partial charge on any atom is 0.318 e. The Morgan fingerprint density at radius 3 is 3.00 bits per heavy atom. The van der Waals surface area contributed by atoms with Gasteiger partial charge in [-0.15, -0.1) is 11.3 Å². The first-order chi connectivity index (χ1) is 9.15. The molecule has 0 fully saturated rings. The fraction of sp³-hybridized carbons (Fsp3) is 0.571. The highest BCUT2D eigenvalue weighted by Crippen LogP contribution is 2.19. The first-order valence-electron chi connectivity index (χ1n) is 6.82. The van der Waals surface area contributed by atoms with E-state index in [0.29, 0.717) is 13.1 Å². The Kier molecular flexibility index (Phi) is 4.58. The molecular weight excluding hydrogens is 258 g/mol. The van der Waals surface area contributed by atoms with Gasteiger partial charge in [0.1, 0.15) is 0 Å². The third-order valence-electron chi connectivity index (χ3n) is 3.38.